The van der Waals surface area contributed by atoms with Gasteiger partial charge in [0.25, 0.3) is 5.69 Å². The number of nitro groups is 2. The molecule has 1 N–H and O–H groups in total. The van der Waals surface area contributed by atoms with Gasteiger partial charge in [-0.05, 0) is 50.6 Å². The van der Waals surface area contributed by atoms with Crippen LogP contribution < -0.4 is 5.43 Å². The normalized spacial score (nSPS) is 11.0. The fourth-order valence-electron chi connectivity index (χ4n) is 3.13. The second-order valence-electron chi connectivity index (χ2n) is 6.59. The van der Waals surface area contributed by atoms with Crippen LogP contribution in [0.2, 0.25) is 0 Å². The summed E-state index contributed by atoms with van der Waals surface area (Å²) in [5.74, 6) is 0. The van der Waals surface area contributed by atoms with Crippen molar-refractivity contribution in [1.29, 1.82) is 0 Å². The zero-order valence-corrected chi connectivity index (χ0v) is 16.1. The molecule has 0 aliphatic rings. The first kappa shape index (κ1) is 19.7. The van der Waals surface area contributed by atoms with Crippen LogP contribution in [0.1, 0.15) is 22.5 Å². The van der Waals surface area contributed by atoms with Crippen LogP contribution in [0.4, 0.5) is 17.1 Å². The van der Waals surface area contributed by atoms with E-state index in [-0.39, 0.29) is 11.4 Å². The number of aryl methyl sites for hydroxylation is 2. The van der Waals surface area contributed by atoms with Crippen molar-refractivity contribution in [2.45, 2.75) is 20.8 Å². The van der Waals surface area contributed by atoms with Crippen molar-refractivity contribution in [3.05, 3.63) is 91.3 Å². The third-order valence-electron chi connectivity index (χ3n) is 4.51. The smallest absolute Gasteiger partial charge is 0.301 e. The molecule has 29 heavy (non-hydrogen) atoms. The average Bonchev–Trinajstić information content (AvgIpc) is 2.95. The maximum absolute atomic E-state index is 11.2. The Morgan fingerprint density at radius 1 is 1.00 bits per heavy atom. The fraction of sp³-hybridized carbons (Fsp3) is 0.150. The molecule has 0 aliphatic carbocycles. The minimum Gasteiger partial charge on any atom is -0.318 e. The molecule has 0 saturated carbocycles. The standard InChI is InChI=1S/C20H19N5O4/c1-13-5-4-6-17(9-13)23-14(2)10-16(15(23)3)12-21-22-19-8-7-18(24(26)27)11-20(19)25(28)29/h4-12,22H,1-3H3/b21-12-. The summed E-state index contributed by atoms with van der Waals surface area (Å²) in [6.07, 6.45) is 1.57. The molecule has 148 valence electrons. The molecule has 9 heteroatoms. The summed E-state index contributed by atoms with van der Waals surface area (Å²) in [7, 11) is 0. The van der Waals surface area contributed by atoms with E-state index in [2.05, 4.69) is 21.2 Å². The van der Waals surface area contributed by atoms with Crippen molar-refractivity contribution in [2.75, 3.05) is 5.43 Å². The van der Waals surface area contributed by atoms with Gasteiger partial charge >= 0.3 is 5.69 Å². The van der Waals surface area contributed by atoms with Crippen molar-refractivity contribution in [1.82, 2.24) is 4.57 Å². The topological polar surface area (TPSA) is 116 Å². The van der Waals surface area contributed by atoms with Gasteiger partial charge < -0.3 is 4.57 Å². The van der Waals surface area contributed by atoms with Crippen molar-refractivity contribution in [3.63, 3.8) is 0 Å². The zero-order valence-electron chi connectivity index (χ0n) is 16.1. The number of hydrazone groups is 1. The van der Waals surface area contributed by atoms with Gasteiger partial charge in [-0.15, -0.1) is 0 Å². The number of nitrogens with zero attached hydrogens (tertiary/aromatic N) is 4. The van der Waals surface area contributed by atoms with E-state index in [1.54, 1.807) is 6.21 Å². The number of non-ortho nitro benzene ring substituents is 1. The molecule has 0 amide bonds. The third-order valence-corrected chi connectivity index (χ3v) is 4.51. The van der Waals surface area contributed by atoms with Gasteiger partial charge in [0.1, 0.15) is 5.69 Å². The van der Waals surface area contributed by atoms with Crippen LogP contribution in [0.3, 0.4) is 0 Å². The lowest BCUT2D eigenvalue weighted by Gasteiger charge is -2.10. The van der Waals surface area contributed by atoms with Crippen LogP contribution in [0.15, 0.2) is 53.6 Å². The van der Waals surface area contributed by atoms with E-state index < -0.39 is 15.5 Å². The molecule has 2 aromatic carbocycles. The molecule has 9 nitrogen and oxygen atoms in total. The van der Waals surface area contributed by atoms with Crippen molar-refractivity contribution >= 4 is 23.3 Å². The fourth-order valence-corrected chi connectivity index (χ4v) is 3.13. The van der Waals surface area contributed by atoms with E-state index in [9.17, 15) is 20.2 Å². The van der Waals surface area contributed by atoms with Gasteiger partial charge in [-0.1, -0.05) is 12.1 Å². The highest BCUT2D eigenvalue weighted by Crippen LogP contribution is 2.29. The Morgan fingerprint density at radius 2 is 1.76 bits per heavy atom. The SMILES string of the molecule is Cc1cccc(-n2c(C)cc(/C=N\Nc3ccc([N+](=O)[O-])cc3[N+](=O)[O-])c2C)c1. The summed E-state index contributed by atoms with van der Waals surface area (Å²) >= 11 is 0. The molecule has 0 spiro atoms. The van der Waals surface area contributed by atoms with Gasteiger partial charge in [0, 0.05) is 28.7 Å². The van der Waals surface area contributed by atoms with E-state index in [4.69, 9.17) is 0 Å². The summed E-state index contributed by atoms with van der Waals surface area (Å²) in [5.41, 5.74) is 6.95. The molecule has 0 unspecified atom stereocenters. The van der Waals surface area contributed by atoms with Gasteiger partial charge in [0.2, 0.25) is 0 Å². The lowest BCUT2D eigenvalue weighted by molar-refractivity contribution is -0.393. The Labute approximate surface area is 166 Å². The lowest BCUT2D eigenvalue weighted by atomic mass is 10.2. The Bertz CT molecular complexity index is 1130. The number of hydrogen-bond acceptors (Lipinski definition) is 6. The van der Waals surface area contributed by atoms with Crippen molar-refractivity contribution < 1.29 is 9.85 Å². The van der Waals surface area contributed by atoms with E-state index >= 15 is 0 Å². The first-order valence-electron chi connectivity index (χ1n) is 8.76. The minimum absolute atomic E-state index is 0.0735. The highest BCUT2D eigenvalue weighted by molar-refractivity contribution is 5.83. The molecule has 1 aromatic heterocycles. The summed E-state index contributed by atoms with van der Waals surface area (Å²) in [4.78, 5) is 20.7. The number of benzene rings is 2. The summed E-state index contributed by atoms with van der Waals surface area (Å²) in [5, 5.41) is 26.1. The third kappa shape index (κ3) is 4.13. The van der Waals surface area contributed by atoms with E-state index in [1.807, 2.05) is 45.0 Å². The van der Waals surface area contributed by atoms with Crippen LogP contribution in [0, 0.1) is 41.0 Å². The van der Waals surface area contributed by atoms with Gasteiger partial charge in [0.15, 0.2) is 0 Å². The van der Waals surface area contributed by atoms with Gasteiger partial charge in [-0.2, -0.15) is 5.10 Å². The molecule has 0 saturated heterocycles. The van der Waals surface area contributed by atoms with Crippen molar-refractivity contribution in [2.24, 2.45) is 5.10 Å². The molecular weight excluding hydrogens is 374 g/mol. The summed E-state index contributed by atoms with van der Waals surface area (Å²) in [6, 6.07) is 13.5. The number of aromatic nitrogens is 1. The number of nitro benzene ring substituents is 2. The van der Waals surface area contributed by atoms with Crippen LogP contribution in [0.5, 0.6) is 0 Å². The molecule has 0 aliphatic heterocycles. The Kier molecular flexibility index (Phi) is 5.40. The maximum Gasteiger partial charge on any atom is 0.301 e. The zero-order chi connectivity index (χ0) is 21.1. The molecule has 3 rings (SSSR count). The van der Waals surface area contributed by atoms with E-state index in [0.717, 1.165) is 34.3 Å². The summed E-state index contributed by atoms with van der Waals surface area (Å²) < 4.78 is 2.10. The highest BCUT2D eigenvalue weighted by Gasteiger charge is 2.19. The van der Waals surface area contributed by atoms with Gasteiger partial charge in [0.05, 0.1) is 22.1 Å². The minimum atomic E-state index is -0.686. The quantitative estimate of drug-likeness (QED) is 0.371. The molecule has 0 bridgehead atoms. The van der Waals surface area contributed by atoms with Gasteiger partial charge in [-0.25, -0.2) is 0 Å². The molecule has 0 radical (unpaired) electrons. The second-order valence-corrected chi connectivity index (χ2v) is 6.59. The monoisotopic (exact) mass is 393 g/mol. The predicted molar refractivity (Wildman–Crippen MR) is 111 cm³/mol. The first-order valence-corrected chi connectivity index (χ1v) is 8.76. The number of rotatable bonds is 6. The molecule has 1 heterocycles. The largest absolute Gasteiger partial charge is 0.318 e. The van der Waals surface area contributed by atoms with E-state index in [0.29, 0.717) is 0 Å². The maximum atomic E-state index is 11.2. The molecular formula is C20H19N5O4. The van der Waals surface area contributed by atoms with Crippen LogP contribution in [-0.2, 0) is 0 Å². The first-order chi connectivity index (χ1) is 13.8. The van der Waals surface area contributed by atoms with Crippen LogP contribution in [-0.4, -0.2) is 20.6 Å². The Hall–Kier alpha value is -4.01. The highest BCUT2D eigenvalue weighted by atomic mass is 16.6. The number of anilines is 1. The predicted octanol–water partition coefficient (Wildman–Crippen LogP) is 4.66. The number of nitrogens with one attached hydrogen (secondary N) is 1. The summed E-state index contributed by atoms with van der Waals surface area (Å²) in [6.45, 7) is 5.98. The van der Waals surface area contributed by atoms with E-state index in [1.165, 1.54) is 12.1 Å². The average molecular weight is 393 g/mol. The Morgan fingerprint density at radius 3 is 2.41 bits per heavy atom. The van der Waals surface area contributed by atoms with Crippen LogP contribution >= 0.6 is 0 Å². The van der Waals surface area contributed by atoms with Crippen molar-refractivity contribution in [3.8, 4) is 5.69 Å². The Balaban J connectivity index is 1.88. The number of hydrogen-bond donors (Lipinski definition) is 1. The molecule has 3 aromatic rings. The molecule has 0 atom stereocenters. The van der Waals surface area contributed by atoms with Crippen LogP contribution in [0.25, 0.3) is 5.69 Å². The van der Waals surface area contributed by atoms with Gasteiger partial charge in [-0.3, -0.25) is 25.7 Å². The molecule has 0 fully saturated rings. The lowest BCUT2D eigenvalue weighted by Crippen LogP contribution is -2.00. The second kappa shape index (κ2) is 7.93.